The van der Waals surface area contributed by atoms with E-state index in [1.54, 1.807) is 13.2 Å². The van der Waals surface area contributed by atoms with Crippen LogP contribution in [-0.4, -0.2) is 35.0 Å². The van der Waals surface area contributed by atoms with Crippen molar-refractivity contribution in [1.29, 1.82) is 0 Å². The second-order valence-corrected chi connectivity index (χ2v) is 8.52. The lowest BCUT2D eigenvalue weighted by Crippen LogP contribution is -2.35. The number of amides is 3. The lowest BCUT2D eigenvalue weighted by atomic mass is 10.1. The quantitative estimate of drug-likeness (QED) is 0.466. The normalized spacial score (nSPS) is 10.4. The molecule has 0 spiro atoms. The highest BCUT2D eigenvalue weighted by atomic mass is 32.2. The molecule has 0 radical (unpaired) electrons. The summed E-state index contributed by atoms with van der Waals surface area (Å²) < 4.78 is 5.75. The molecule has 0 saturated carbocycles. The SMILES string of the molecule is COc1ccc(Nc2nnc(SCC(=O)NC(=O)Nc3ccc(C)c(C)c3)s2)cc1. The van der Waals surface area contributed by atoms with Crippen LogP contribution in [0.1, 0.15) is 11.1 Å². The van der Waals surface area contributed by atoms with Gasteiger partial charge in [0.25, 0.3) is 0 Å². The molecule has 8 nitrogen and oxygen atoms in total. The van der Waals surface area contributed by atoms with Crippen molar-refractivity contribution in [2.75, 3.05) is 23.5 Å². The minimum Gasteiger partial charge on any atom is -0.497 e. The third-order valence-corrected chi connectivity index (χ3v) is 6.06. The van der Waals surface area contributed by atoms with Gasteiger partial charge in [-0.2, -0.15) is 0 Å². The summed E-state index contributed by atoms with van der Waals surface area (Å²) in [6, 6.07) is 12.4. The van der Waals surface area contributed by atoms with Gasteiger partial charge in [0, 0.05) is 11.4 Å². The van der Waals surface area contributed by atoms with Crippen LogP contribution in [0.2, 0.25) is 0 Å². The molecule has 30 heavy (non-hydrogen) atoms. The van der Waals surface area contributed by atoms with Crippen LogP contribution >= 0.6 is 23.1 Å². The average Bonchev–Trinajstić information content (AvgIpc) is 3.17. The number of hydrogen-bond donors (Lipinski definition) is 3. The molecular weight excluding hydrogens is 422 g/mol. The molecule has 0 aliphatic carbocycles. The van der Waals surface area contributed by atoms with Crippen LogP contribution in [-0.2, 0) is 4.79 Å². The summed E-state index contributed by atoms with van der Waals surface area (Å²) >= 11 is 2.53. The van der Waals surface area contributed by atoms with Crippen molar-refractivity contribution in [1.82, 2.24) is 15.5 Å². The molecule has 3 N–H and O–H groups in total. The van der Waals surface area contributed by atoms with Gasteiger partial charge < -0.3 is 15.4 Å². The number of anilines is 3. The van der Waals surface area contributed by atoms with Crippen molar-refractivity contribution in [2.24, 2.45) is 0 Å². The highest BCUT2D eigenvalue weighted by Gasteiger charge is 2.12. The van der Waals surface area contributed by atoms with E-state index in [1.165, 1.54) is 23.1 Å². The maximum atomic E-state index is 12.0. The number of hydrogen-bond acceptors (Lipinski definition) is 8. The summed E-state index contributed by atoms with van der Waals surface area (Å²) in [6.45, 7) is 3.95. The number of rotatable bonds is 7. The number of imide groups is 1. The second-order valence-electron chi connectivity index (χ2n) is 6.32. The van der Waals surface area contributed by atoms with Crippen LogP contribution in [0.15, 0.2) is 46.8 Å². The van der Waals surface area contributed by atoms with Crippen molar-refractivity contribution in [3.8, 4) is 5.75 Å². The van der Waals surface area contributed by atoms with Crippen molar-refractivity contribution in [2.45, 2.75) is 18.2 Å². The summed E-state index contributed by atoms with van der Waals surface area (Å²) in [7, 11) is 1.61. The van der Waals surface area contributed by atoms with Gasteiger partial charge in [-0.3, -0.25) is 10.1 Å². The molecule has 3 rings (SSSR count). The molecule has 0 aliphatic rings. The minimum absolute atomic E-state index is 0.0531. The molecule has 156 valence electrons. The number of methoxy groups -OCH3 is 1. The average molecular weight is 444 g/mol. The second kappa shape index (κ2) is 10.1. The first-order chi connectivity index (χ1) is 14.4. The fourth-order valence-corrected chi connectivity index (χ4v) is 3.96. The number of carbonyl (C=O) groups excluding carboxylic acids is 2. The van der Waals surface area contributed by atoms with Gasteiger partial charge >= 0.3 is 6.03 Å². The third kappa shape index (κ3) is 6.19. The molecule has 1 heterocycles. The van der Waals surface area contributed by atoms with Gasteiger partial charge in [-0.15, -0.1) is 10.2 Å². The van der Waals surface area contributed by atoms with Crippen LogP contribution in [0.5, 0.6) is 5.75 Å². The summed E-state index contributed by atoms with van der Waals surface area (Å²) in [5, 5.41) is 16.8. The minimum atomic E-state index is -0.567. The lowest BCUT2D eigenvalue weighted by Gasteiger charge is -2.08. The number of carbonyl (C=O) groups is 2. The fourth-order valence-electron chi connectivity index (χ4n) is 2.39. The maximum Gasteiger partial charge on any atom is 0.325 e. The van der Waals surface area contributed by atoms with Gasteiger partial charge in [-0.1, -0.05) is 29.2 Å². The molecule has 0 saturated heterocycles. The molecule has 0 unspecified atom stereocenters. The van der Waals surface area contributed by atoms with Crippen molar-refractivity contribution in [3.05, 3.63) is 53.6 Å². The van der Waals surface area contributed by atoms with E-state index in [0.29, 0.717) is 15.2 Å². The predicted molar refractivity (Wildman–Crippen MR) is 120 cm³/mol. The Kier molecular flexibility index (Phi) is 7.26. The Bertz CT molecular complexity index is 1040. The Morgan fingerprint density at radius 2 is 1.77 bits per heavy atom. The predicted octanol–water partition coefficient (Wildman–Crippen LogP) is 4.35. The standard InChI is InChI=1S/C20H21N5O3S2/c1-12-4-5-15(10-13(12)2)21-18(27)23-17(26)11-29-20-25-24-19(30-20)22-14-6-8-16(28-3)9-7-14/h4-10H,11H2,1-3H3,(H,22,24)(H2,21,23,26,27). The number of aryl methyl sites for hydroxylation is 2. The number of nitrogens with one attached hydrogen (secondary N) is 3. The van der Waals surface area contributed by atoms with E-state index in [4.69, 9.17) is 4.74 Å². The monoisotopic (exact) mass is 443 g/mol. The van der Waals surface area contributed by atoms with Gasteiger partial charge in [0.1, 0.15) is 5.75 Å². The maximum absolute atomic E-state index is 12.0. The first-order valence-electron chi connectivity index (χ1n) is 8.98. The molecule has 0 bridgehead atoms. The number of nitrogens with zero attached hydrogens (tertiary/aromatic N) is 2. The molecular formula is C20H21N5O3S2. The van der Waals surface area contributed by atoms with Crippen molar-refractivity contribution in [3.63, 3.8) is 0 Å². The molecule has 0 aliphatic heterocycles. The van der Waals surface area contributed by atoms with E-state index < -0.39 is 11.9 Å². The Morgan fingerprint density at radius 3 is 2.47 bits per heavy atom. The summed E-state index contributed by atoms with van der Waals surface area (Å²) in [5.74, 6) is 0.403. The van der Waals surface area contributed by atoms with Crippen LogP contribution in [0, 0.1) is 13.8 Å². The van der Waals surface area contributed by atoms with Gasteiger partial charge in [0.15, 0.2) is 4.34 Å². The third-order valence-electron chi connectivity index (χ3n) is 4.09. The van der Waals surface area contributed by atoms with Crippen LogP contribution < -0.4 is 20.7 Å². The van der Waals surface area contributed by atoms with Gasteiger partial charge in [-0.05, 0) is 61.4 Å². The Labute approximate surface area is 182 Å². The highest BCUT2D eigenvalue weighted by Crippen LogP contribution is 2.28. The zero-order valence-corrected chi connectivity index (χ0v) is 18.3. The van der Waals surface area contributed by atoms with Crippen LogP contribution in [0.25, 0.3) is 0 Å². The van der Waals surface area contributed by atoms with Crippen molar-refractivity contribution < 1.29 is 14.3 Å². The topological polar surface area (TPSA) is 105 Å². The largest absolute Gasteiger partial charge is 0.497 e. The van der Waals surface area contributed by atoms with E-state index in [1.807, 2.05) is 50.2 Å². The molecule has 2 aromatic carbocycles. The van der Waals surface area contributed by atoms with Crippen molar-refractivity contribution >= 4 is 51.5 Å². The Hall–Kier alpha value is -3.11. The molecule has 3 amide bonds. The number of urea groups is 1. The van der Waals surface area contributed by atoms with Crippen LogP contribution in [0.4, 0.5) is 21.3 Å². The summed E-state index contributed by atoms with van der Waals surface area (Å²) in [6.07, 6.45) is 0. The Balaban J connectivity index is 1.45. The Morgan fingerprint density at radius 1 is 1.03 bits per heavy atom. The van der Waals surface area contributed by atoms with E-state index >= 15 is 0 Å². The molecule has 3 aromatic rings. The fraction of sp³-hybridized carbons (Fsp3) is 0.200. The highest BCUT2D eigenvalue weighted by molar-refractivity contribution is 8.01. The van der Waals surface area contributed by atoms with Gasteiger partial charge in [-0.25, -0.2) is 4.79 Å². The summed E-state index contributed by atoms with van der Waals surface area (Å²) in [4.78, 5) is 24.0. The van der Waals surface area contributed by atoms with Crippen LogP contribution in [0.3, 0.4) is 0 Å². The lowest BCUT2D eigenvalue weighted by molar-refractivity contribution is -0.117. The first-order valence-corrected chi connectivity index (χ1v) is 10.8. The molecule has 10 heteroatoms. The van der Waals surface area contributed by atoms with E-state index in [2.05, 4.69) is 26.1 Å². The van der Waals surface area contributed by atoms with E-state index in [-0.39, 0.29) is 5.75 Å². The zero-order chi connectivity index (χ0) is 21.5. The molecule has 0 atom stereocenters. The number of thioether (sulfide) groups is 1. The summed E-state index contributed by atoms with van der Waals surface area (Å²) in [5.41, 5.74) is 3.68. The first kappa shape index (κ1) is 21.6. The number of aromatic nitrogens is 2. The van der Waals surface area contributed by atoms with E-state index in [0.717, 1.165) is 22.6 Å². The zero-order valence-electron chi connectivity index (χ0n) is 16.7. The molecule has 0 fully saturated rings. The number of ether oxygens (including phenoxy) is 1. The van der Waals surface area contributed by atoms with E-state index in [9.17, 15) is 9.59 Å². The van der Waals surface area contributed by atoms with Gasteiger partial charge in [0.05, 0.1) is 12.9 Å². The molecule has 1 aromatic heterocycles. The van der Waals surface area contributed by atoms with Gasteiger partial charge in [0.2, 0.25) is 11.0 Å². The smallest absolute Gasteiger partial charge is 0.325 e. The number of benzene rings is 2.